The fourth-order valence-corrected chi connectivity index (χ4v) is 1.86. The zero-order chi connectivity index (χ0) is 12.1. The Kier molecular flexibility index (Phi) is 3.71. The standard InChI is InChI=1S/C16H17N/c1-3-17-13(2)14-9-11-16(12-10-14)15-7-5-4-6-8-15/h4-12H,3H2,1-2H3. The average Bonchev–Trinajstić information content (AvgIpc) is 2.40. The summed E-state index contributed by atoms with van der Waals surface area (Å²) in [4.78, 5) is 4.41. The van der Waals surface area contributed by atoms with Crippen molar-refractivity contribution in [1.82, 2.24) is 0 Å². The lowest BCUT2D eigenvalue weighted by Crippen LogP contribution is -1.94. The molecule has 0 bridgehead atoms. The molecule has 0 saturated heterocycles. The molecule has 0 saturated carbocycles. The van der Waals surface area contributed by atoms with E-state index in [1.165, 1.54) is 16.7 Å². The topological polar surface area (TPSA) is 12.4 Å². The van der Waals surface area contributed by atoms with E-state index in [1.807, 2.05) is 6.07 Å². The maximum atomic E-state index is 4.41. The van der Waals surface area contributed by atoms with Gasteiger partial charge >= 0.3 is 0 Å². The van der Waals surface area contributed by atoms with E-state index in [0.717, 1.165) is 12.3 Å². The Hall–Kier alpha value is -1.89. The second-order valence-corrected chi connectivity index (χ2v) is 4.00. The first-order valence-electron chi connectivity index (χ1n) is 5.98. The molecule has 0 radical (unpaired) electrons. The molecule has 0 aliphatic heterocycles. The number of aliphatic imine (C=N–C) groups is 1. The van der Waals surface area contributed by atoms with Crippen LogP contribution in [-0.4, -0.2) is 12.3 Å². The van der Waals surface area contributed by atoms with Gasteiger partial charge in [-0.25, -0.2) is 0 Å². The Morgan fingerprint density at radius 1 is 0.882 bits per heavy atom. The summed E-state index contributed by atoms with van der Waals surface area (Å²) in [6, 6.07) is 19.0. The minimum Gasteiger partial charge on any atom is -0.290 e. The molecule has 2 rings (SSSR count). The van der Waals surface area contributed by atoms with Crippen molar-refractivity contribution < 1.29 is 0 Å². The van der Waals surface area contributed by atoms with Crippen LogP contribution in [0.2, 0.25) is 0 Å². The van der Waals surface area contributed by atoms with Crippen LogP contribution in [0.3, 0.4) is 0 Å². The number of benzene rings is 2. The van der Waals surface area contributed by atoms with Gasteiger partial charge in [-0.05, 0) is 30.5 Å². The highest BCUT2D eigenvalue weighted by molar-refractivity contribution is 5.99. The van der Waals surface area contributed by atoms with Crippen LogP contribution in [0.25, 0.3) is 11.1 Å². The van der Waals surface area contributed by atoms with E-state index >= 15 is 0 Å². The van der Waals surface area contributed by atoms with Gasteiger partial charge in [-0.2, -0.15) is 0 Å². The minimum absolute atomic E-state index is 0.840. The lowest BCUT2D eigenvalue weighted by Gasteiger charge is -2.04. The van der Waals surface area contributed by atoms with E-state index in [9.17, 15) is 0 Å². The Labute approximate surface area is 103 Å². The first-order valence-corrected chi connectivity index (χ1v) is 5.98. The summed E-state index contributed by atoms with van der Waals surface area (Å²) in [6.45, 7) is 4.95. The summed E-state index contributed by atoms with van der Waals surface area (Å²) >= 11 is 0. The van der Waals surface area contributed by atoms with Gasteiger partial charge in [-0.3, -0.25) is 4.99 Å². The smallest absolute Gasteiger partial charge is 0.0389 e. The maximum Gasteiger partial charge on any atom is 0.0389 e. The van der Waals surface area contributed by atoms with Crippen molar-refractivity contribution in [3.63, 3.8) is 0 Å². The molecule has 17 heavy (non-hydrogen) atoms. The predicted molar refractivity (Wildman–Crippen MR) is 74.6 cm³/mol. The molecule has 0 aliphatic rings. The van der Waals surface area contributed by atoms with Crippen molar-refractivity contribution in [2.45, 2.75) is 13.8 Å². The molecule has 0 amide bonds. The predicted octanol–water partition coefficient (Wildman–Crippen LogP) is 4.18. The first kappa shape index (κ1) is 11.6. The van der Waals surface area contributed by atoms with Gasteiger partial charge in [0, 0.05) is 12.3 Å². The highest BCUT2D eigenvalue weighted by Crippen LogP contribution is 2.19. The second kappa shape index (κ2) is 5.44. The number of hydrogen-bond donors (Lipinski definition) is 0. The molecule has 2 aromatic rings. The van der Waals surface area contributed by atoms with Crippen molar-refractivity contribution >= 4 is 5.71 Å². The molecule has 0 aromatic heterocycles. The molecule has 0 heterocycles. The van der Waals surface area contributed by atoms with E-state index in [-0.39, 0.29) is 0 Å². The normalized spacial score (nSPS) is 11.5. The third-order valence-electron chi connectivity index (χ3n) is 2.81. The summed E-state index contributed by atoms with van der Waals surface area (Å²) in [7, 11) is 0. The largest absolute Gasteiger partial charge is 0.290 e. The van der Waals surface area contributed by atoms with Crippen LogP contribution in [0.1, 0.15) is 19.4 Å². The van der Waals surface area contributed by atoms with Crippen LogP contribution in [0, 0.1) is 0 Å². The van der Waals surface area contributed by atoms with Gasteiger partial charge in [-0.1, -0.05) is 54.6 Å². The van der Waals surface area contributed by atoms with Gasteiger partial charge in [0.25, 0.3) is 0 Å². The van der Waals surface area contributed by atoms with Crippen LogP contribution in [-0.2, 0) is 0 Å². The summed E-state index contributed by atoms with van der Waals surface area (Å²) in [5.74, 6) is 0. The van der Waals surface area contributed by atoms with Crippen molar-refractivity contribution in [3.05, 3.63) is 60.2 Å². The Morgan fingerprint density at radius 3 is 2.06 bits per heavy atom. The van der Waals surface area contributed by atoms with Crippen LogP contribution < -0.4 is 0 Å². The maximum absolute atomic E-state index is 4.41. The molecule has 0 aliphatic carbocycles. The molecular formula is C16H17N. The van der Waals surface area contributed by atoms with Crippen molar-refractivity contribution in [2.75, 3.05) is 6.54 Å². The lowest BCUT2D eigenvalue weighted by atomic mass is 10.0. The minimum atomic E-state index is 0.840. The van der Waals surface area contributed by atoms with E-state index in [2.05, 4.69) is 67.4 Å². The monoisotopic (exact) mass is 223 g/mol. The van der Waals surface area contributed by atoms with Gasteiger partial charge in [-0.15, -0.1) is 0 Å². The van der Waals surface area contributed by atoms with Gasteiger partial charge in [0.15, 0.2) is 0 Å². The van der Waals surface area contributed by atoms with Crippen LogP contribution in [0.15, 0.2) is 59.6 Å². The molecule has 0 atom stereocenters. The Balaban J connectivity index is 2.28. The quantitative estimate of drug-likeness (QED) is 0.692. The van der Waals surface area contributed by atoms with Gasteiger partial charge in [0.05, 0.1) is 0 Å². The Morgan fingerprint density at radius 2 is 1.47 bits per heavy atom. The van der Waals surface area contributed by atoms with Crippen LogP contribution in [0.5, 0.6) is 0 Å². The molecule has 1 nitrogen and oxygen atoms in total. The van der Waals surface area contributed by atoms with Gasteiger partial charge in [0.1, 0.15) is 0 Å². The highest BCUT2D eigenvalue weighted by atomic mass is 14.7. The fraction of sp³-hybridized carbons (Fsp3) is 0.188. The summed E-state index contributed by atoms with van der Waals surface area (Å²) in [6.07, 6.45) is 0. The summed E-state index contributed by atoms with van der Waals surface area (Å²) < 4.78 is 0. The SMILES string of the molecule is CCN=C(C)c1ccc(-c2ccccc2)cc1. The molecule has 0 unspecified atom stereocenters. The van der Waals surface area contributed by atoms with E-state index < -0.39 is 0 Å². The molecule has 0 fully saturated rings. The summed E-state index contributed by atoms with van der Waals surface area (Å²) in [5, 5.41) is 0. The third-order valence-corrected chi connectivity index (χ3v) is 2.81. The first-order chi connectivity index (χ1) is 8.31. The lowest BCUT2D eigenvalue weighted by molar-refractivity contribution is 1.13. The number of nitrogens with zero attached hydrogens (tertiary/aromatic N) is 1. The zero-order valence-corrected chi connectivity index (χ0v) is 10.4. The fourth-order valence-electron chi connectivity index (χ4n) is 1.86. The average molecular weight is 223 g/mol. The second-order valence-electron chi connectivity index (χ2n) is 4.00. The van der Waals surface area contributed by atoms with Crippen molar-refractivity contribution in [1.29, 1.82) is 0 Å². The number of rotatable bonds is 3. The molecule has 1 heteroatoms. The van der Waals surface area contributed by atoms with Gasteiger partial charge in [0.2, 0.25) is 0 Å². The number of hydrogen-bond acceptors (Lipinski definition) is 1. The van der Waals surface area contributed by atoms with Crippen molar-refractivity contribution in [2.24, 2.45) is 4.99 Å². The van der Waals surface area contributed by atoms with Crippen molar-refractivity contribution in [3.8, 4) is 11.1 Å². The third kappa shape index (κ3) is 2.82. The van der Waals surface area contributed by atoms with Crippen LogP contribution in [0.4, 0.5) is 0 Å². The zero-order valence-electron chi connectivity index (χ0n) is 10.4. The highest BCUT2D eigenvalue weighted by Gasteiger charge is 1.99. The molecular weight excluding hydrogens is 206 g/mol. The molecule has 0 spiro atoms. The molecule has 2 aromatic carbocycles. The Bertz CT molecular complexity index is 495. The molecule has 86 valence electrons. The van der Waals surface area contributed by atoms with E-state index in [0.29, 0.717) is 0 Å². The van der Waals surface area contributed by atoms with Gasteiger partial charge < -0.3 is 0 Å². The van der Waals surface area contributed by atoms with Crippen LogP contribution >= 0.6 is 0 Å². The summed E-state index contributed by atoms with van der Waals surface area (Å²) in [5.41, 5.74) is 4.81. The van der Waals surface area contributed by atoms with E-state index in [1.54, 1.807) is 0 Å². The molecule has 0 N–H and O–H groups in total. The van der Waals surface area contributed by atoms with E-state index in [4.69, 9.17) is 0 Å².